The van der Waals surface area contributed by atoms with Crippen molar-refractivity contribution >= 4 is 5.71 Å². The van der Waals surface area contributed by atoms with Crippen molar-refractivity contribution in [1.29, 1.82) is 5.26 Å². The second-order valence-electron chi connectivity index (χ2n) is 3.40. The van der Waals surface area contributed by atoms with E-state index in [0.717, 1.165) is 11.3 Å². The number of oxime groups is 1. The first-order chi connectivity index (χ1) is 6.77. The molecule has 1 aliphatic rings. The zero-order valence-electron chi connectivity index (χ0n) is 7.90. The van der Waals surface area contributed by atoms with Crippen LogP contribution in [0.15, 0.2) is 35.5 Å². The minimum absolute atomic E-state index is 0.549. The highest BCUT2D eigenvalue weighted by Crippen LogP contribution is 2.33. The first-order valence-electron chi connectivity index (χ1n) is 4.45. The lowest BCUT2D eigenvalue weighted by Crippen LogP contribution is -2.23. The predicted molar refractivity (Wildman–Crippen MR) is 52.5 cm³/mol. The summed E-state index contributed by atoms with van der Waals surface area (Å²) in [6.07, 6.45) is 0.549. The Bertz CT molecular complexity index is 405. The predicted octanol–water partition coefficient (Wildman–Crippen LogP) is 2.20. The van der Waals surface area contributed by atoms with E-state index in [9.17, 15) is 0 Å². The number of hydrogen-bond acceptors (Lipinski definition) is 3. The molecule has 70 valence electrons. The van der Waals surface area contributed by atoms with Gasteiger partial charge in [0.15, 0.2) is 0 Å². The number of nitrogens with zero attached hydrogens (tertiary/aromatic N) is 2. The Morgan fingerprint density at radius 1 is 1.43 bits per heavy atom. The first-order valence-corrected chi connectivity index (χ1v) is 4.45. The second kappa shape index (κ2) is 3.15. The number of nitriles is 1. The number of rotatable bonds is 1. The molecule has 0 N–H and O–H groups in total. The maximum absolute atomic E-state index is 9.14. The smallest absolute Gasteiger partial charge is 0.252 e. The van der Waals surface area contributed by atoms with Crippen LogP contribution in [0.2, 0.25) is 0 Å². The molecule has 0 spiro atoms. The fraction of sp³-hybridized carbons (Fsp3) is 0.273. The summed E-state index contributed by atoms with van der Waals surface area (Å²) in [4.78, 5) is 5.21. The fourth-order valence-electron chi connectivity index (χ4n) is 1.57. The summed E-state index contributed by atoms with van der Waals surface area (Å²) in [5, 5.41) is 13.0. The molecule has 0 aromatic heterocycles. The molecule has 1 aromatic carbocycles. The molecule has 3 heteroatoms. The topological polar surface area (TPSA) is 45.4 Å². The van der Waals surface area contributed by atoms with Gasteiger partial charge in [0, 0.05) is 12.0 Å². The third-order valence-corrected chi connectivity index (χ3v) is 2.28. The van der Waals surface area contributed by atoms with E-state index in [1.807, 2.05) is 37.3 Å². The highest BCUT2D eigenvalue weighted by Gasteiger charge is 2.39. The van der Waals surface area contributed by atoms with Crippen LogP contribution in [-0.2, 0) is 10.4 Å². The van der Waals surface area contributed by atoms with E-state index < -0.39 is 5.60 Å². The van der Waals surface area contributed by atoms with Crippen LogP contribution in [0.1, 0.15) is 18.9 Å². The third-order valence-electron chi connectivity index (χ3n) is 2.28. The average Bonchev–Trinajstić information content (AvgIpc) is 2.63. The van der Waals surface area contributed by atoms with Crippen molar-refractivity contribution < 1.29 is 4.84 Å². The van der Waals surface area contributed by atoms with Gasteiger partial charge in [-0.2, -0.15) is 5.26 Å². The van der Waals surface area contributed by atoms with Gasteiger partial charge in [-0.1, -0.05) is 35.5 Å². The zero-order chi connectivity index (χ0) is 10.0. The van der Waals surface area contributed by atoms with Crippen LogP contribution in [0.25, 0.3) is 0 Å². The van der Waals surface area contributed by atoms with Crippen molar-refractivity contribution in [2.45, 2.75) is 18.9 Å². The normalized spacial score (nSPS) is 25.0. The molecule has 1 unspecified atom stereocenters. The van der Waals surface area contributed by atoms with E-state index >= 15 is 0 Å². The van der Waals surface area contributed by atoms with E-state index in [4.69, 9.17) is 10.1 Å². The van der Waals surface area contributed by atoms with Gasteiger partial charge in [0.1, 0.15) is 6.07 Å². The van der Waals surface area contributed by atoms with Gasteiger partial charge in [-0.15, -0.1) is 0 Å². The quantitative estimate of drug-likeness (QED) is 0.674. The molecule has 0 fully saturated rings. The highest BCUT2D eigenvalue weighted by molar-refractivity contribution is 5.84. The molecule has 1 atom stereocenters. The number of benzene rings is 1. The largest absolute Gasteiger partial charge is 0.369 e. The van der Waals surface area contributed by atoms with Gasteiger partial charge >= 0.3 is 0 Å². The summed E-state index contributed by atoms with van der Waals surface area (Å²) in [6.45, 7) is 1.86. The Labute approximate surface area is 82.6 Å². The van der Waals surface area contributed by atoms with Crippen LogP contribution in [-0.4, -0.2) is 5.71 Å². The lowest BCUT2D eigenvalue weighted by molar-refractivity contribution is 0.0243. The van der Waals surface area contributed by atoms with Gasteiger partial charge in [-0.25, -0.2) is 0 Å². The molecule has 1 aliphatic heterocycles. The molecule has 0 radical (unpaired) electrons. The van der Waals surface area contributed by atoms with E-state index in [2.05, 4.69) is 11.2 Å². The Kier molecular flexibility index (Phi) is 1.97. The molecule has 0 bridgehead atoms. The van der Waals surface area contributed by atoms with Crippen molar-refractivity contribution in [1.82, 2.24) is 0 Å². The first kappa shape index (κ1) is 8.76. The van der Waals surface area contributed by atoms with Crippen molar-refractivity contribution in [2.24, 2.45) is 5.16 Å². The summed E-state index contributed by atoms with van der Waals surface area (Å²) in [5.41, 5.74) is 0.823. The van der Waals surface area contributed by atoms with Crippen LogP contribution in [0.3, 0.4) is 0 Å². The van der Waals surface area contributed by atoms with Crippen LogP contribution >= 0.6 is 0 Å². The molecular weight excluding hydrogens is 176 g/mol. The maximum atomic E-state index is 9.14. The van der Waals surface area contributed by atoms with Gasteiger partial charge in [-0.3, -0.25) is 0 Å². The molecular formula is C11H10N2O. The van der Waals surface area contributed by atoms with Crippen LogP contribution in [0, 0.1) is 11.3 Å². The highest BCUT2D eigenvalue weighted by atomic mass is 16.7. The van der Waals surface area contributed by atoms with Gasteiger partial charge in [0.05, 0.1) is 5.71 Å². The molecule has 0 aliphatic carbocycles. The van der Waals surface area contributed by atoms with Crippen LogP contribution in [0.5, 0.6) is 0 Å². The van der Waals surface area contributed by atoms with Crippen LogP contribution in [0.4, 0.5) is 0 Å². The molecule has 0 saturated heterocycles. The maximum Gasteiger partial charge on any atom is 0.252 e. The Balaban J connectivity index is 2.38. The molecule has 1 heterocycles. The fourth-order valence-corrected chi connectivity index (χ4v) is 1.57. The minimum Gasteiger partial charge on any atom is -0.369 e. The standard InChI is InChI=1S/C11H10N2O/c1-9-7-11(8-12,14-13-9)10-5-3-2-4-6-10/h2-6H,7H2,1H3. The van der Waals surface area contributed by atoms with Crippen molar-refractivity contribution in [3.05, 3.63) is 35.9 Å². The lowest BCUT2D eigenvalue weighted by atomic mass is 9.91. The zero-order valence-corrected chi connectivity index (χ0v) is 7.90. The molecule has 14 heavy (non-hydrogen) atoms. The number of hydrogen-bond donors (Lipinski definition) is 0. The van der Waals surface area contributed by atoms with E-state index in [1.54, 1.807) is 0 Å². The van der Waals surface area contributed by atoms with Gasteiger partial charge in [-0.05, 0) is 6.92 Å². The van der Waals surface area contributed by atoms with E-state index in [0.29, 0.717) is 6.42 Å². The van der Waals surface area contributed by atoms with Gasteiger partial charge in [0.2, 0.25) is 0 Å². The second-order valence-corrected chi connectivity index (χ2v) is 3.40. The molecule has 0 saturated carbocycles. The van der Waals surface area contributed by atoms with E-state index in [1.165, 1.54) is 0 Å². The molecule has 1 aromatic rings. The van der Waals surface area contributed by atoms with Crippen LogP contribution < -0.4 is 0 Å². The Hall–Kier alpha value is -1.82. The van der Waals surface area contributed by atoms with Gasteiger partial charge in [0.25, 0.3) is 5.60 Å². The summed E-state index contributed by atoms with van der Waals surface area (Å²) >= 11 is 0. The Morgan fingerprint density at radius 3 is 2.64 bits per heavy atom. The third kappa shape index (κ3) is 1.25. The monoisotopic (exact) mass is 186 g/mol. The molecule has 2 rings (SSSR count). The average molecular weight is 186 g/mol. The summed E-state index contributed by atoms with van der Waals surface area (Å²) < 4.78 is 0. The minimum atomic E-state index is -0.897. The van der Waals surface area contributed by atoms with Gasteiger partial charge < -0.3 is 4.84 Å². The van der Waals surface area contributed by atoms with Crippen molar-refractivity contribution in [3.8, 4) is 6.07 Å². The molecule has 3 nitrogen and oxygen atoms in total. The summed E-state index contributed by atoms with van der Waals surface area (Å²) in [7, 11) is 0. The summed E-state index contributed by atoms with van der Waals surface area (Å²) in [5.74, 6) is 0. The lowest BCUT2D eigenvalue weighted by Gasteiger charge is -2.17. The van der Waals surface area contributed by atoms with E-state index in [-0.39, 0.29) is 0 Å². The molecule has 0 amide bonds. The SMILES string of the molecule is CC1=NOC(C#N)(c2ccccc2)C1. The Morgan fingerprint density at radius 2 is 2.14 bits per heavy atom. The summed E-state index contributed by atoms with van der Waals surface area (Å²) in [6, 6.07) is 11.7. The van der Waals surface area contributed by atoms with Crippen molar-refractivity contribution in [3.63, 3.8) is 0 Å². The van der Waals surface area contributed by atoms with Crippen molar-refractivity contribution in [2.75, 3.05) is 0 Å².